The molecule has 2 aromatic carbocycles. The van der Waals surface area contributed by atoms with Gasteiger partial charge >= 0.3 is 18.3 Å². The van der Waals surface area contributed by atoms with E-state index in [1.54, 1.807) is 37.3 Å². The number of carbonyl (C=O) groups is 2. The molecule has 0 radical (unpaired) electrons. The molecule has 2 heterocycles. The molecule has 17 nitrogen and oxygen atoms in total. The van der Waals surface area contributed by atoms with Crippen molar-refractivity contribution in [2.24, 2.45) is 10.7 Å². The van der Waals surface area contributed by atoms with Crippen LogP contribution >= 0.6 is 0 Å². The number of nitrogens with zero attached hydrogens (tertiary/aromatic N) is 6. The molecule has 0 aliphatic rings. The third-order valence-electron chi connectivity index (χ3n) is 5.87. The fraction of sp³-hybridized carbons (Fsp3) is 0.250. The summed E-state index contributed by atoms with van der Waals surface area (Å²) >= 11 is 0. The van der Waals surface area contributed by atoms with Crippen LogP contribution in [0.2, 0.25) is 0 Å². The Morgan fingerprint density at radius 3 is 2.52 bits per heavy atom. The first-order valence-corrected chi connectivity index (χ1v) is 13.5. The second kappa shape index (κ2) is 15.6. The van der Waals surface area contributed by atoms with Gasteiger partial charge in [0.2, 0.25) is 6.79 Å². The van der Waals surface area contributed by atoms with E-state index in [2.05, 4.69) is 35.1 Å². The van der Waals surface area contributed by atoms with Gasteiger partial charge in [-0.05, 0) is 43.3 Å². The number of aliphatic hydroxyl groups excluding tert-OH is 1. The molecule has 0 saturated carbocycles. The second-order valence-electron chi connectivity index (χ2n) is 8.84. The lowest BCUT2D eigenvalue weighted by Crippen LogP contribution is -2.18. The molecular weight excluding hydrogens is 611 g/mol. The number of hydrogen-bond donors (Lipinski definition) is 4. The lowest BCUT2D eigenvalue weighted by atomic mass is 10.0. The van der Waals surface area contributed by atoms with Crippen molar-refractivity contribution in [2.75, 3.05) is 39.0 Å². The summed E-state index contributed by atoms with van der Waals surface area (Å²) in [7, 11) is 1.38. The highest BCUT2D eigenvalue weighted by Crippen LogP contribution is 2.36. The summed E-state index contributed by atoms with van der Waals surface area (Å²) in [6, 6.07) is 9.13. The van der Waals surface area contributed by atoms with Crippen LogP contribution in [0.25, 0.3) is 5.95 Å². The summed E-state index contributed by atoms with van der Waals surface area (Å²) in [4.78, 5) is 38.9. The zero-order valence-electron chi connectivity index (χ0n) is 24.5. The molecule has 5 N–H and O–H groups in total. The van der Waals surface area contributed by atoms with E-state index in [0.717, 1.165) is 4.68 Å². The van der Waals surface area contributed by atoms with Crippen molar-refractivity contribution in [2.45, 2.75) is 13.0 Å². The maximum absolute atomic E-state index is 16.0. The van der Waals surface area contributed by atoms with Gasteiger partial charge < -0.3 is 44.9 Å². The van der Waals surface area contributed by atoms with Crippen molar-refractivity contribution in [3.8, 4) is 23.5 Å². The van der Waals surface area contributed by atoms with Crippen molar-refractivity contribution in [3.63, 3.8) is 0 Å². The maximum atomic E-state index is 16.0. The Balaban J connectivity index is 1.81. The van der Waals surface area contributed by atoms with Crippen LogP contribution in [0.3, 0.4) is 0 Å². The predicted octanol–water partition coefficient (Wildman–Crippen LogP) is 2.67. The molecule has 2 aromatic heterocycles. The molecule has 0 unspecified atom stereocenters. The molecule has 46 heavy (non-hydrogen) atoms. The molecule has 0 spiro atoms. The molecule has 4 aromatic rings. The number of carboxylic acid groups (broad SMARTS) is 1. The number of anilines is 1. The molecule has 0 saturated heterocycles. The van der Waals surface area contributed by atoms with E-state index in [1.165, 1.54) is 31.6 Å². The molecule has 1 amide bonds. The fourth-order valence-electron chi connectivity index (χ4n) is 3.88. The minimum absolute atomic E-state index is 0.00382. The number of aromatic nitrogens is 5. The number of nitrogens with one attached hydrogen (secondary N) is 1. The van der Waals surface area contributed by atoms with Crippen molar-refractivity contribution >= 4 is 23.8 Å². The monoisotopic (exact) mass is 640 g/mol. The van der Waals surface area contributed by atoms with Crippen molar-refractivity contribution in [3.05, 3.63) is 77.6 Å². The van der Waals surface area contributed by atoms with Crippen LogP contribution < -0.4 is 25.3 Å². The van der Waals surface area contributed by atoms with Gasteiger partial charge in [-0.3, -0.25) is 0 Å². The standard InChI is InChI=1S/C28H29FN8O9/c1-3-43-27(39)34-23(30)16-5-7-17(8-6-16)33-22(19-13-18(42-2)14-20(21(19)29)44-12-11-38)24-35-26(45-15-46-28(40)41)37(36-24)25-31-9-4-10-32-25/h4-10,13-14,22,33,38H,3,11-12,15H2,1-2H3,(H,40,41)(H2,30,34,39)/t22-/m1/s1. The Labute approximate surface area is 260 Å². The van der Waals surface area contributed by atoms with Crippen LogP contribution in [0.5, 0.6) is 17.5 Å². The molecule has 18 heteroatoms. The van der Waals surface area contributed by atoms with Crippen LogP contribution in [-0.2, 0) is 9.47 Å². The molecule has 0 fully saturated rings. The number of aliphatic hydroxyl groups is 1. The number of rotatable bonds is 14. The van der Waals surface area contributed by atoms with Gasteiger partial charge in [-0.15, -0.1) is 9.78 Å². The van der Waals surface area contributed by atoms with Gasteiger partial charge in [-0.1, -0.05) is 0 Å². The zero-order valence-corrected chi connectivity index (χ0v) is 24.5. The summed E-state index contributed by atoms with van der Waals surface area (Å²) in [5, 5.41) is 25.7. The maximum Gasteiger partial charge on any atom is 0.508 e. The van der Waals surface area contributed by atoms with Crippen molar-refractivity contribution < 1.29 is 47.9 Å². The SMILES string of the molecule is CCOC(=O)N=C(N)c1ccc(N[C@@H](c2nc(OCOC(=O)O)n(-c3ncccn3)n2)c2cc(OC)cc(OCCO)c2F)cc1. The van der Waals surface area contributed by atoms with E-state index in [4.69, 9.17) is 29.8 Å². The molecular formula is C28H29FN8O9. The van der Waals surface area contributed by atoms with Crippen LogP contribution in [0.4, 0.5) is 19.7 Å². The van der Waals surface area contributed by atoms with Gasteiger partial charge in [0.05, 0.1) is 20.3 Å². The summed E-state index contributed by atoms with van der Waals surface area (Å²) in [6.45, 7) is 0.452. The Kier molecular flexibility index (Phi) is 11.2. The average Bonchev–Trinajstić information content (AvgIpc) is 3.47. The summed E-state index contributed by atoms with van der Waals surface area (Å²) in [5.74, 6) is -0.982. The molecule has 4 rings (SSSR count). The first-order chi connectivity index (χ1) is 22.2. The third kappa shape index (κ3) is 8.32. The number of carbonyl (C=O) groups excluding carboxylic acids is 1. The molecule has 0 aliphatic heterocycles. The lowest BCUT2D eigenvalue weighted by molar-refractivity contribution is 0.0207. The van der Waals surface area contributed by atoms with Gasteiger partial charge in [0.25, 0.3) is 5.95 Å². The molecule has 0 aliphatic carbocycles. The minimum atomic E-state index is -1.59. The van der Waals surface area contributed by atoms with Gasteiger partial charge in [0, 0.05) is 35.3 Å². The van der Waals surface area contributed by atoms with Gasteiger partial charge in [-0.25, -0.2) is 23.9 Å². The van der Waals surface area contributed by atoms with E-state index < -0.39 is 30.9 Å². The number of benzene rings is 2. The number of ether oxygens (including phenoxy) is 5. The highest BCUT2D eigenvalue weighted by Gasteiger charge is 2.29. The van der Waals surface area contributed by atoms with Crippen LogP contribution in [0.15, 0.2) is 59.9 Å². The average molecular weight is 641 g/mol. The van der Waals surface area contributed by atoms with Crippen LogP contribution in [-0.4, -0.2) is 86.8 Å². The topological polar surface area (TPSA) is 228 Å². The summed E-state index contributed by atoms with van der Waals surface area (Å²) in [5.41, 5.74) is 6.72. The number of hydrogen-bond acceptors (Lipinski definition) is 13. The lowest BCUT2D eigenvalue weighted by Gasteiger charge is -2.21. The van der Waals surface area contributed by atoms with Crippen molar-refractivity contribution in [1.82, 2.24) is 24.7 Å². The van der Waals surface area contributed by atoms with E-state index >= 15 is 4.39 Å². The second-order valence-corrected chi connectivity index (χ2v) is 8.84. The Bertz CT molecular complexity index is 1670. The third-order valence-corrected chi connectivity index (χ3v) is 5.87. The summed E-state index contributed by atoms with van der Waals surface area (Å²) < 4.78 is 42.5. The molecule has 242 valence electrons. The van der Waals surface area contributed by atoms with Crippen LogP contribution in [0.1, 0.15) is 29.9 Å². The number of halogens is 1. The van der Waals surface area contributed by atoms with Crippen molar-refractivity contribution in [1.29, 1.82) is 0 Å². The summed E-state index contributed by atoms with van der Waals surface area (Å²) in [6.07, 6.45) is 0.432. The number of nitrogens with two attached hydrogens (primary N) is 1. The first kappa shape index (κ1) is 32.9. The highest BCUT2D eigenvalue weighted by atomic mass is 19.1. The number of aliphatic imine (C=N–C) groups is 1. The smallest absolute Gasteiger partial charge is 0.497 e. The zero-order chi connectivity index (χ0) is 33.1. The minimum Gasteiger partial charge on any atom is -0.497 e. The quantitative estimate of drug-likeness (QED) is 0.0672. The largest absolute Gasteiger partial charge is 0.508 e. The molecule has 0 bridgehead atoms. The van der Waals surface area contributed by atoms with Gasteiger partial charge in [0.15, 0.2) is 17.4 Å². The van der Waals surface area contributed by atoms with Gasteiger partial charge in [-0.2, -0.15) is 9.98 Å². The fourth-order valence-corrected chi connectivity index (χ4v) is 3.88. The Hall–Kier alpha value is -6.04. The number of amidine groups is 1. The first-order valence-electron chi connectivity index (χ1n) is 13.5. The highest BCUT2D eigenvalue weighted by molar-refractivity contribution is 6.02. The Morgan fingerprint density at radius 1 is 1.13 bits per heavy atom. The van der Waals surface area contributed by atoms with E-state index in [0.29, 0.717) is 11.3 Å². The number of methoxy groups -OCH3 is 1. The Morgan fingerprint density at radius 2 is 1.87 bits per heavy atom. The number of amides is 1. The predicted molar refractivity (Wildman–Crippen MR) is 157 cm³/mol. The van der Waals surface area contributed by atoms with E-state index in [9.17, 15) is 14.7 Å². The van der Waals surface area contributed by atoms with Crippen LogP contribution in [0, 0.1) is 5.82 Å². The van der Waals surface area contributed by atoms with E-state index in [1.807, 2.05) is 0 Å². The van der Waals surface area contributed by atoms with Gasteiger partial charge in [0.1, 0.15) is 24.2 Å². The van der Waals surface area contributed by atoms with E-state index in [-0.39, 0.29) is 60.5 Å². The molecule has 1 atom stereocenters. The normalized spacial score (nSPS) is 11.8.